The number of rotatable bonds is 2. The van der Waals surface area contributed by atoms with Crippen molar-refractivity contribution in [2.24, 2.45) is 5.84 Å². The standard InChI is InChI=1S/C14H13FN4S/c1-7-4-3-5-9(11(7)15)12-17-13(19-16)10-6-8(2)20-14(10)18-12/h3-6H,16H2,1-2H3,(H,17,18,19). The Balaban J connectivity index is 2.28. The molecule has 0 saturated carbocycles. The highest BCUT2D eigenvalue weighted by Gasteiger charge is 2.14. The maximum absolute atomic E-state index is 14.2. The molecular formula is C14H13FN4S. The maximum atomic E-state index is 14.2. The lowest BCUT2D eigenvalue weighted by atomic mass is 10.1. The first-order valence-electron chi connectivity index (χ1n) is 6.10. The minimum atomic E-state index is -0.303. The molecule has 2 aromatic heterocycles. The van der Waals surface area contributed by atoms with Crippen molar-refractivity contribution in [3.8, 4) is 11.4 Å². The number of anilines is 1. The highest BCUT2D eigenvalue weighted by atomic mass is 32.1. The summed E-state index contributed by atoms with van der Waals surface area (Å²) in [5, 5.41) is 0.854. The van der Waals surface area contributed by atoms with Crippen molar-refractivity contribution >= 4 is 27.4 Å². The number of nitrogens with zero attached hydrogens (tertiary/aromatic N) is 2. The van der Waals surface area contributed by atoms with Crippen molar-refractivity contribution in [1.29, 1.82) is 0 Å². The van der Waals surface area contributed by atoms with Crippen molar-refractivity contribution in [2.75, 3.05) is 5.43 Å². The van der Waals surface area contributed by atoms with Crippen LogP contribution in [-0.2, 0) is 0 Å². The molecule has 3 aromatic rings. The van der Waals surface area contributed by atoms with E-state index in [-0.39, 0.29) is 5.82 Å². The van der Waals surface area contributed by atoms with Gasteiger partial charge < -0.3 is 5.43 Å². The Hall–Kier alpha value is -2.05. The molecule has 0 aliphatic heterocycles. The van der Waals surface area contributed by atoms with Gasteiger partial charge in [-0.1, -0.05) is 12.1 Å². The third kappa shape index (κ3) is 2.03. The van der Waals surface area contributed by atoms with Gasteiger partial charge in [-0.05, 0) is 31.5 Å². The molecule has 3 rings (SSSR count). The molecule has 0 aliphatic carbocycles. The number of nitrogens with one attached hydrogen (secondary N) is 1. The van der Waals surface area contributed by atoms with Crippen LogP contribution in [-0.4, -0.2) is 9.97 Å². The summed E-state index contributed by atoms with van der Waals surface area (Å²) in [6, 6.07) is 7.14. The number of benzene rings is 1. The molecule has 4 nitrogen and oxygen atoms in total. The van der Waals surface area contributed by atoms with Crippen LogP contribution in [0.4, 0.5) is 10.2 Å². The molecule has 6 heteroatoms. The monoisotopic (exact) mass is 288 g/mol. The van der Waals surface area contributed by atoms with Gasteiger partial charge in [-0.25, -0.2) is 20.2 Å². The highest BCUT2D eigenvalue weighted by molar-refractivity contribution is 7.18. The molecule has 0 bridgehead atoms. The number of halogens is 1. The van der Waals surface area contributed by atoms with Crippen molar-refractivity contribution in [1.82, 2.24) is 9.97 Å². The van der Waals surface area contributed by atoms with Crippen LogP contribution in [0, 0.1) is 19.7 Å². The summed E-state index contributed by atoms with van der Waals surface area (Å²) < 4.78 is 14.2. The van der Waals surface area contributed by atoms with Crippen LogP contribution >= 0.6 is 11.3 Å². The summed E-state index contributed by atoms with van der Waals surface area (Å²) in [5.41, 5.74) is 3.51. The van der Waals surface area contributed by atoms with Crippen LogP contribution in [0.15, 0.2) is 24.3 Å². The van der Waals surface area contributed by atoms with Gasteiger partial charge in [0.25, 0.3) is 0 Å². The molecule has 20 heavy (non-hydrogen) atoms. The van der Waals surface area contributed by atoms with Gasteiger partial charge in [0.05, 0.1) is 10.9 Å². The van der Waals surface area contributed by atoms with E-state index in [0.717, 1.165) is 15.1 Å². The summed E-state index contributed by atoms with van der Waals surface area (Å²) in [5.74, 6) is 6.06. The molecule has 0 unspecified atom stereocenters. The van der Waals surface area contributed by atoms with E-state index < -0.39 is 0 Å². The maximum Gasteiger partial charge on any atom is 0.166 e. The molecule has 0 fully saturated rings. The quantitative estimate of drug-likeness (QED) is 0.560. The minimum absolute atomic E-state index is 0.303. The van der Waals surface area contributed by atoms with Gasteiger partial charge in [0.2, 0.25) is 0 Å². The van der Waals surface area contributed by atoms with Crippen molar-refractivity contribution in [2.45, 2.75) is 13.8 Å². The fraction of sp³-hybridized carbons (Fsp3) is 0.143. The number of hydrogen-bond acceptors (Lipinski definition) is 5. The van der Waals surface area contributed by atoms with E-state index in [2.05, 4.69) is 15.4 Å². The van der Waals surface area contributed by atoms with Crippen LogP contribution in [0.2, 0.25) is 0 Å². The number of fused-ring (bicyclic) bond motifs is 1. The highest BCUT2D eigenvalue weighted by Crippen LogP contribution is 2.31. The average molecular weight is 288 g/mol. The number of nitrogens with two attached hydrogens (primary N) is 1. The lowest BCUT2D eigenvalue weighted by Crippen LogP contribution is -2.10. The molecule has 2 heterocycles. The molecule has 3 N–H and O–H groups in total. The van der Waals surface area contributed by atoms with Crippen LogP contribution in [0.5, 0.6) is 0 Å². The fourth-order valence-electron chi connectivity index (χ4n) is 2.09. The van der Waals surface area contributed by atoms with E-state index in [0.29, 0.717) is 22.8 Å². The lowest BCUT2D eigenvalue weighted by molar-refractivity contribution is 0.621. The number of hydrogen-bond donors (Lipinski definition) is 2. The zero-order chi connectivity index (χ0) is 14.3. The number of hydrazine groups is 1. The van der Waals surface area contributed by atoms with Gasteiger partial charge in [0.1, 0.15) is 10.6 Å². The second-order valence-corrected chi connectivity index (χ2v) is 5.79. The largest absolute Gasteiger partial charge is 0.308 e. The first-order valence-corrected chi connectivity index (χ1v) is 6.92. The van der Waals surface area contributed by atoms with Gasteiger partial charge in [-0.3, -0.25) is 0 Å². The summed E-state index contributed by atoms with van der Waals surface area (Å²) >= 11 is 1.53. The normalized spacial score (nSPS) is 11.0. The Bertz CT molecular complexity index is 797. The summed E-state index contributed by atoms with van der Waals surface area (Å²) in [6.45, 7) is 3.70. The van der Waals surface area contributed by atoms with Crippen molar-refractivity contribution in [3.05, 3.63) is 40.5 Å². The van der Waals surface area contributed by atoms with Gasteiger partial charge >= 0.3 is 0 Å². The molecule has 0 amide bonds. The summed E-state index contributed by atoms with van der Waals surface area (Å²) in [7, 11) is 0. The number of aryl methyl sites for hydroxylation is 2. The number of nitrogen functional groups attached to an aromatic ring is 1. The predicted molar refractivity (Wildman–Crippen MR) is 80.1 cm³/mol. The topological polar surface area (TPSA) is 63.8 Å². The Morgan fingerprint density at radius 1 is 1.25 bits per heavy atom. The molecular weight excluding hydrogens is 275 g/mol. The van der Waals surface area contributed by atoms with Crippen molar-refractivity contribution < 1.29 is 4.39 Å². The smallest absolute Gasteiger partial charge is 0.166 e. The second-order valence-electron chi connectivity index (χ2n) is 4.55. The zero-order valence-electron chi connectivity index (χ0n) is 11.1. The summed E-state index contributed by atoms with van der Waals surface area (Å²) in [6.07, 6.45) is 0. The van der Waals surface area contributed by atoms with E-state index in [1.165, 1.54) is 11.3 Å². The zero-order valence-corrected chi connectivity index (χ0v) is 11.9. The Kier molecular flexibility index (Phi) is 3.11. The number of thiophene rings is 1. The SMILES string of the molecule is Cc1cc2c(NN)nc(-c3cccc(C)c3F)nc2s1. The van der Waals surface area contributed by atoms with Crippen LogP contribution in [0.1, 0.15) is 10.4 Å². The van der Waals surface area contributed by atoms with Crippen molar-refractivity contribution in [3.63, 3.8) is 0 Å². The third-order valence-corrected chi connectivity index (χ3v) is 4.03. The van der Waals surface area contributed by atoms with Gasteiger partial charge in [-0.15, -0.1) is 11.3 Å². The predicted octanol–water partition coefficient (Wildman–Crippen LogP) is 3.40. The van der Waals surface area contributed by atoms with Crippen LogP contribution < -0.4 is 11.3 Å². The van der Waals surface area contributed by atoms with Gasteiger partial charge in [0, 0.05) is 4.88 Å². The summed E-state index contributed by atoms with van der Waals surface area (Å²) in [4.78, 5) is 10.7. The Labute approximate surface area is 119 Å². The first-order chi connectivity index (χ1) is 9.60. The van der Waals surface area contributed by atoms with Gasteiger partial charge in [0.15, 0.2) is 11.6 Å². The van der Waals surface area contributed by atoms with E-state index in [1.807, 2.05) is 13.0 Å². The van der Waals surface area contributed by atoms with Gasteiger partial charge in [-0.2, -0.15) is 0 Å². The third-order valence-electron chi connectivity index (χ3n) is 3.09. The van der Waals surface area contributed by atoms with E-state index in [1.54, 1.807) is 25.1 Å². The molecule has 0 spiro atoms. The minimum Gasteiger partial charge on any atom is -0.308 e. The average Bonchev–Trinajstić information content (AvgIpc) is 2.81. The molecule has 1 aromatic carbocycles. The van der Waals surface area contributed by atoms with E-state index >= 15 is 0 Å². The lowest BCUT2D eigenvalue weighted by Gasteiger charge is -2.07. The molecule has 0 saturated heterocycles. The molecule has 0 aliphatic rings. The Morgan fingerprint density at radius 3 is 2.80 bits per heavy atom. The van der Waals surface area contributed by atoms with E-state index in [4.69, 9.17) is 5.84 Å². The second kappa shape index (κ2) is 4.81. The molecule has 0 radical (unpaired) electrons. The van der Waals surface area contributed by atoms with Crippen LogP contribution in [0.3, 0.4) is 0 Å². The number of aromatic nitrogens is 2. The van der Waals surface area contributed by atoms with Crippen LogP contribution in [0.25, 0.3) is 21.6 Å². The Morgan fingerprint density at radius 2 is 2.05 bits per heavy atom. The van der Waals surface area contributed by atoms with E-state index in [9.17, 15) is 4.39 Å². The fourth-order valence-corrected chi connectivity index (χ4v) is 2.97. The molecule has 0 atom stereocenters. The first kappa shape index (κ1) is 13.0. The molecule has 102 valence electrons.